The molecule has 33 heavy (non-hydrogen) atoms. The van der Waals surface area contributed by atoms with Gasteiger partial charge in [0.2, 0.25) is 0 Å². The molecule has 0 radical (unpaired) electrons. The zero-order valence-electron chi connectivity index (χ0n) is 20.7. The van der Waals surface area contributed by atoms with Gasteiger partial charge in [-0.2, -0.15) is 0 Å². The fourth-order valence-corrected chi connectivity index (χ4v) is 3.79. The number of unbranched alkanes of at least 4 members (excludes halogenated alkanes) is 6. The number of pyridine rings is 1. The van der Waals surface area contributed by atoms with Gasteiger partial charge in [-0.25, -0.2) is 14.2 Å². The van der Waals surface area contributed by atoms with Gasteiger partial charge in [-0.3, -0.25) is 0 Å². The smallest absolute Gasteiger partial charge is 0.341 e. The van der Waals surface area contributed by atoms with Crippen molar-refractivity contribution in [1.82, 2.24) is 4.98 Å². The molecule has 0 fully saturated rings. The van der Waals surface area contributed by atoms with E-state index < -0.39 is 5.97 Å². The van der Waals surface area contributed by atoms with Crippen LogP contribution in [-0.2, 0) is 17.7 Å². The molecule has 1 aromatic carbocycles. The molecular weight excluding hydrogens is 417 g/mol. The highest BCUT2D eigenvalue weighted by Crippen LogP contribution is 2.25. The van der Waals surface area contributed by atoms with Gasteiger partial charge in [0.05, 0.1) is 18.5 Å². The van der Waals surface area contributed by atoms with E-state index in [9.17, 15) is 9.18 Å². The van der Waals surface area contributed by atoms with Crippen LogP contribution in [0.3, 0.4) is 0 Å². The van der Waals surface area contributed by atoms with Gasteiger partial charge in [0.1, 0.15) is 17.2 Å². The summed E-state index contributed by atoms with van der Waals surface area (Å²) >= 11 is 0. The SMILES string of the molecule is COC(=O)c1ccc(CN)nc1Nc1ccc(CCCCCCCCCC(C)(C)C)cc1F. The van der Waals surface area contributed by atoms with Crippen molar-refractivity contribution in [3.8, 4) is 0 Å². The van der Waals surface area contributed by atoms with Gasteiger partial charge in [0.25, 0.3) is 0 Å². The van der Waals surface area contributed by atoms with Crippen molar-refractivity contribution in [3.05, 3.63) is 53.0 Å². The first kappa shape index (κ1) is 26.8. The molecule has 2 rings (SSSR count). The minimum atomic E-state index is -0.542. The second kappa shape index (κ2) is 13.3. The van der Waals surface area contributed by atoms with Crippen molar-refractivity contribution >= 4 is 17.5 Å². The lowest BCUT2D eigenvalue weighted by Crippen LogP contribution is -2.10. The van der Waals surface area contributed by atoms with Crippen molar-refractivity contribution in [2.45, 2.75) is 85.1 Å². The highest BCUT2D eigenvalue weighted by molar-refractivity contribution is 5.95. The number of ether oxygens (including phenoxy) is 1. The normalized spacial score (nSPS) is 11.5. The van der Waals surface area contributed by atoms with E-state index in [0.29, 0.717) is 11.1 Å². The first-order valence-electron chi connectivity index (χ1n) is 12.1. The minimum absolute atomic E-state index is 0.217. The Hall–Kier alpha value is -2.47. The number of aromatic nitrogens is 1. The third kappa shape index (κ3) is 9.50. The molecule has 6 heteroatoms. The fraction of sp³-hybridized carbons (Fsp3) is 0.556. The average Bonchev–Trinajstić information content (AvgIpc) is 2.78. The van der Waals surface area contributed by atoms with Crippen molar-refractivity contribution in [2.24, 2.45) is 11.1 Å². The number of methoxy groups -OCH3 is 1. The third-order valence-electron chi connectivity index (χ3n) is 5.75. The Morgan fingerprint density at radius 1 is 1.03 bits per heavy atom. The van der Waals surface area contributed by atoms with Gasteiger partial charge in [-0.15, -0.1) is 0 Å². The number of halogens is 1. The van der Waals surface area contributed by atoms with E-state index in [-0.39, 0.29) is 29.4 Å². The number of nitrogens with two attached hydrogens (primary N) is 1. The van der Waals surface area contributed by atoms with Crippen LogP contribution in [0.15, 0.2) is 30.3 Å². The van der Waals surface area contributed by atoms with Gasteiger partial charge in [-0.1, -0.05) is 65.4 Å². The van der Waals surface area contributed by atoms with Crippen LogP contribution in [-0.4, -0.2) is 18.1 Å². The summed E-state index contributed by atoms with van der Waals surface area (Å²) in [6, 6.07) is 8.41. The molecule has 2 aromatic rings. The quantitative estimate of drug-likeness (QED) is 0.252. The summed E-state index contributed by atoms with van der Waals surface area (Å²) in [5, 5.41) is 2.93. The Bertz CT molecular complexity index is 893. The summed E-state index contributed by atoms with van der Waals surface area (Å²) in [4.78, 5) is 16.3. The molecule has 0 aliphatic rings. The number of rotatable bonds is 13. The lowest BCUT2D eigenvalue weighted by atomic mass is 9.89. The van der Waals surface area contributed by atoms with Crippen LogP contribution in [0.5, 0.6) is 0 Å². The summed E-state index contributed by atoms with van der Waals surface area (Å²) in [6.45, 7) is 7.12. The zero-order valence-corrected chi connectivity index (χ0v) is 20.7. The van der Waals surface area contributed by atoms with E-state index in [1.54, 1.807) is 24.3 Å². The number of aryl methyl sites for hydroxylation is 1. The highest BCUT2D eigenvalue weighted by Gasteiger charge is 2.16. The summed E-state index contributed by atoms with van der Waals surface area (Å²) in [6.07, 6.45) is 10.8. The Morgan fingerprint density at radius 2 is 1.70 bits per heavy atom. The lowest BCUT2D eigenvalue weighted by Gasteiger charge is -2.17. The fourth-order valence-electron chi connectivity index (χ4n) is 3.79. The maximum Gasteiger partial charge on any atom is 0.341 e. The summed E-state index contributed by atoms with van der Waals surface area (Å²) < 4.78 is 19.5. The lowest BCUT2D eigenvalue weighted by molar-refractivity contribution is 0.0601. The second-order valence-electron chi connectivity index (χ2n) is 9.87. The first-order chi connectivity index (χ1) is 15.7. The Morgan fingerprint density at radius 3 is 2.30 bits per heavy atom. The molecule has 0 bridgehead atoms. The van der Waals surface area contributed by atoms with Gasteiger partial charge in [0, 0.05) is 6.54 Å². The molecule has 0 atom stereocenters. The number of benzene rings is 1. The van der Waals surface area contributed by atoms with E-state index in [1.807, 2.05) is 6.07 Å². The Kier molecular flexibility index (Phi) is 10.8. The topological polar surface area (TPSA) is 77.2 Å². The van der Waals surface area contributed by atoms with E-state index in [0.717, 1.165) is 18.4 Å². The molecule has 0 unspecified atom stereocenters. The summed E-state index contributed by atoms with van der Waals surface area (Å²) in [5.41, 5.74) is 8.16. The van der Waals surface area contributed by atoms with Crippen LogP contribution in [0.4, 0.5) is 15.9 Å². The standard InChI is InChI=1S/C27H40FN3O2/c1-27(2,3)17-11-9-7-5-6-8-10-12-20-13-16-24(23(28)18-20)31-25-22(26(32)33-4)15-14-21(19-29)30-25/h13-16,18H,5-12,17,19,29H2,1-4H3,(H,30,31). The minimum Gasteiger partial charge on any atom is -0.465 e. The number of carbonyl (C=O) groups excluding carboxylic acids is 1. The average molecular weight is 458 g/mol. The van der Waals surface area contributed by atoms with Gasteiger partial charge < -0.3 is 15.8 Å². The molecule has 1 heterocycles. The van der Waals surface area contributed by atoms with E-state index in [4.69, 9.17) is 10.5 Å². The van der Waals surface area contributed by atoms with Gasteiger partial charge >= 0.3 is 5.97 Å². The predicted molar refractivity (Wildman–Crippen MR) is 133 cm³/mol. The molecule has 0 spiro atoms. The number of nitrogens with zero attached hydrogens (tertiary/aromatic N) is 1. The Labute approximate surface area is 198 Å². The third-order valence-corrected chi connectivity index (χ3v) is 5.75. The Balaban J connectivity index is 1.82. The number of nitrogens with one attached hydrogen (secondary N) is 1. The molecule has 1 aromatic heterocycles. The van der Waals surface area contributed by atoms with Crippen LogP contribution in [0.2, 0.25) is 0 Å². The number of anilines is 2. The summed E-state index contributed by atoms with van der Waals surface area (Å²) in [5.74, 6) is -0.680. The molecule has 3 N–H and O–H groups in total. The molecule has 5 nitrogen and oxygen atoms in total. The first-order valence-corrected chi connectivity index (χ1v) is 12.1. The molecule has 0 saturated heterocycles. The van der Waals surface area contributed by atoms with E-state index in [2.05, 4.69) is 31.1 Å². The highest BCUT2D eigenvalue weighted by atomic mass is 19.1. The molecule has 0 aliphatic heterocycles. The predicted octanol–water partition coefficient (Wildman–Crippen LogP) is 6.92. The van der Waals surface area contributed by atoms with E-state index >= 15 is 0 Å². The summed E-state index contributed by atoms with van der Waals surface area (Å²) in [7, 11) is 1.30. The van der Waals surface area contributed by atoms with Crippen LogP contribution in [0.25, 0.3) is 0 Å². The maximum absolute atomic E-state index is 14.7. The van der Waals surface area contributed by atoms with Crippen LogP contribution < -0.4 is 11.1 Å². The van der Waals surface area contributed by atoms with Crippen molar-refractivity contribution < 1.29 is 13.9 Å². The van der Waals surface area contributed by atoms with Crippen LogP contribution in [0.1, 0.15) is 93.8 Å². The number of hydrogen-bond acceptors (Lipinski definition) is 5. The van der Waals surface area contributed by atoms with Crippen molar-refractivity contribution in [3.63, 3.8) is 0 Å². The van der Waals surface area contributed by atoms with Gasteiger partial charge in [-0.05, 0) is 54.5 Å². The largest absolute Gasteiger partial charge is 0.465 e. The van der Waals surface area contributed by atoms with E-state index in [1.165, 1.54) is 52.1 Å². The second-order valence-corrected chi connectivity index (χ2v) is 9.87. The molecule has 182 valence electrons. The molecule has 0 amide bonds. The molecular formula is C27H40FN3O2. The van der Waals surface area contributed by atoms with Crippen molar-refractivity contribution in [1.29, 1.82) is 0 Å². The van der Waals surface area contributed by atoms with Crippen molar-refractivity contribution in [2.75, 3.05) is 12.4 Å². The van der Waals surface area contributed by atoms with Gasteiger partial charge in [0.15, 0.2) is 0 Å². The number of esters is 1. The number of hydrogen-bond donors (Lipinski definition) is 2. The van der Waals surface area contributed by atoms with Crippen LogP contribution in [0, 0.1) is 11.2 Å². The molecule has 0 aliphatic carbocycles. The van der Waals surface area contributed by atoms with Crippen LogP contribution >= 0.6 is 0 Å². The number of carbonyl (C=O) groups is 1. The molecule has 0 saturated carbocycles. The zero-order chi connectivity index (χ0) is 24.3. The maximum atomic E-state index is 14.7. The monoisotopic (exact) mass is 457 g/mol.